The monoisotopic (exact) mass is 316 g/mol. The molecule has 0 spiro atoms. The fourth-order valence-corrected chi connectivity index (χ4v) is 1.96. The van der Waals surface area contributed by atoms with E-state index in [0.29, 0.717) is 17.5 Å². The van der Waals surface area contributed by atoms with Crippen LogP contribution in [-0.4, -0.2) is 17.7 Å². The molecule has 23 heavy (non-hydrogen) atoms. The summed E-state index contributed by atoms with van der Waals surface area (Å²) in [6.07, 6.45) is 0. The molecule has 0 aliphatic carbocycles. The van der Waals surface area contributed by atoms with Crippen molar-refractivity contribution in [3.05, 3.63) is 41.7 Å². The third-order valence-corrected chi connectivity index (χ3v) is 3.43. The predicted octanol–water partition coefficient (Wildman–Crippen LogP) is 4.11. The molecule has 0 saturated carbocycles. The molecule has 1 aromatic carbocycles. The zero-order valence-electron chi connectivity index (χ0n) is 14.3. The SMILES string of the molecule is CC(C)c1ccc(OCC(=O)Nc2cc(C(C)(C)C)on2)cc1. The van der Waals surface area contributed by atoms with Gasteiger partial charge in [-0.05, 0) is 23.6 Å². The van der Waals surface area contributed by atoms with Gasteiger partial charge in [0.1, 0.15) is 11.5 Å². The molecule has 2 rings (SSSR count). The van der Waals surface area contributed by atoms with E-state index in [0.717, 1.165) is 5.76 Å². The summed E-state index contributed by atoms with van der Waals surface area (Å²) in [5.41, 5.74) is 1.09. The lowest BCUT2D eigenvalue weighted by atomic mass is 9.93. The van der Waals surface area contributed by atoms with Crippen molar-refractivity contribution >= 4 is 11.7 Å². The van der Waals surface area contributed by atoms with Crippen molar-refractivity contribution < 1.29 is 14.1 Å². The largest absolute Gasteiger partial charge is 0.484 e. The highest BCUT2D eigenvalue weighted by atomic mass is 16.5. The summed E-state index contributed by atoms with van der Waals surface area (Å²) in [5, 5.41) is 6.51. The van der Waals surface area contributed by atoms with Crippen LogP contribution in [0.15, 0.2) is 34.9 Å². The Kier molecular flexibility index (Phi) is 5.08. The Bertz CT molecular complexity index is 652. The highest BCUT2D eigenvalue weighted by Crippen LogP contribution is 2.24. The number of carbonyl (C=O) groups excluding carboxylic acids is 1. The van der Waals surface area contributed by atoms with Gasteiger partial charge in [0.05, 0.1) is 0 Å². The van der Waals surface area contributed by atoms with Gasteiger partial charge in [0, 0.05) is 11.5 Å². The van der Waals surface area contributed by atoms with E-state index in [-0.39, 0.29) is 17.9 Å². The lowest BCUT2D eigenvalue weighted by Crippen LogP contribution is -2.20. The fraction of sp³-hybridized carbons (Fsp3) is 0.444. The van der Waals surface area contributed by atoms with Gasteiger partial charge in [-0.3, -0.25) is 4.79 Å². The number of aromatic nitrogens is 1. The van der Waals surface area contributed by atoms with E-state index in [1.807, 2.05) is 45.0 Å². The van der Waals surface area contributed by atoms with Crippen molar-refractivity contribution in [2.24, 2.45) is 0 Å². The molecule has 1 aromatic heterocycles. The Morgan fingerprint density at radius 3 is 2.43 bits per heavy atom. The number of nitrogens with zero attached hydrogens (tertiary/aromatic N) is 1. The van der Waals surface area contributed by atoms with Crippen molar-refractivity contribution in [2.45, 2.75) is 46.0 Å². The molecule has 1 amide bonds. The third-order valence-electron chi connectivity index (χ3n) is 3.43. The van der Waals surface area contributed by atoms with Gasteiger partial charge in [0.15, 0.2) is 12.4 Å². The Labute approximate surface area is 137 Å². The van der Waals surface area contributed by atoms with Gasteiger partial charge in [0.25, 0.3) is 5.91 Å². The lowest BCUT2D eigenvalue weighted by molar-refractivity contribution is -0.118. The molecule has 124 valence electrons. The molecular weight excluding hydrogens is 292 g/mol. The van der Waals surface area contributed by atoms with Crippen LogP contribution in [0.2, 0.25) is 0 Å². The molecule has 0 saturated heterocycles. The standard InChI is InChI=1S/C18H24N2O3/c1-12(2)13-6-8-14(9-7-13)22-11-17(21)19-16-10-15(23-20-16)18(3,4)5/h6-10,12H,11H2,1-5H3,(H,19,20,21). The zero-order valence-corrected chi connectivity index (χ0v) is 14.3. The summed E-state index contributed by atoms with van der Waals surface area (Å²) in [7, 11) is 0. The van der Waals surface area contributed by atoms with Crippen LogP contribution in [0.4, 0.5) is 5.82 Å². The van der Waals surface area contributed by atoms with Gasteiger partial charge in [0.2, 0.25) is 0 Å². The lowest BCUT2D eigenvalue weighted by Gasteiger charge is -2.12. The number of nitrogens with one attached hydrogen (secondary N) is 1. The van der Waals surface area contributed by atoms with Crippen LogP contribution in [0.25, 0.3) is 0 Å². The van der Waals surface area contributed by atoms with Crippen molar-refractivity contribution in [1.82, 2.24) is 5.16 Å². The first-order valence-corrected chi connectivity index (χ1v) is 7.75. The summed E-state index contributed by atoms with van der Waals surface area (Å²) in [4.78, 5) is 11.9. The molecule has 0 fully saturated rings. The molecular formula is C18H24N2O3. The summed E-state index contributed by atoms with van der Waals surface area (Å²) < 4.78 is 10.7. The first-order chi connectivity index (χ1) is 10.8. The molecule has 1 heterocycles. The van der Waals surface area contributed by atoms with Gasteiger partial charge in [-0.25, -0.2) is 0 Å². The molecule has 2 aromatic rings. The van der Waals surface area contributed by atoms with E-state index in [1.54, 1.807) is 6.07 Å². The van der Waals surface area contributed by atoms with Crippen LogP contribution >= 0.6 is 0 Å². The van der Waals surface area contributed by atoms with E-state index in [1.165, 1.54) is 5.56 Å². The molecule has 5 heteroatoms. The van der Waals surface area contributed by atoms with E-state index < -0.39 is 0 Å². The van der Waals surface area contributed by atoms with E-state index in [2.05, 4.69) is 24.3 Å². The third kappa shape index (κ3) is 4.84. The van der Waals surface area contributed by atoms with E-state index in [9.17, 15) is 4.79 Å². The number of rotatable bonds is 5. The molecule has 0 bridgehead atoms. The maximum absolute atomic E-state index is 11.9. The maximum Gasteiger partial charge on any atom is 0.263 e. The summed E-state index contributed by atoms with van der Waals surface area (Å²) in [6.45, 7) is 10.2. The second-order valence-electron chi connectivity index (χ2n) is 6.89. The van der Waals surface area contributed by atoms with Crippen molar-refractivity contribution in [1.29, 1.82) is 0 Å². The van der Waals surface area contributed by atoms with Crippen LogP contribution < -0.4 is 10.1 Å². The van der Waals surface area contributed by atoms with Crippen molar-refractivity contribution in [2.75, 3.05) is 11.9 Å². The predicted molar refractivity (Wildman–Crippen MR) is 89.9 cm³/mol. The Hall–Kier alpha value is -2.30. The molecule has 5 nitrogen and oxygen atoms in total. The minimum absolute atomic E-state index is 0.0707. The Morgan fingerprint density at radius 2 is 1.91 bits per heavy atom. The number of hydrogen-bond donors (Lipinski definition) is 1. The molecule has 0 aliphatic heterocycles. The summed E-state index contributed by atoms with van der Waals surface area (Å²) >= 11 is 0. The van der Waals surface area contributed by atoms with Crippen LogP contribution in [0, 0.1) is 0 Å². The second kappa shape index (κ2) is 6.86. The van der Waals surface area contributed by atoms with E-state index >= 15 is 0 Å². The number of anilines is 1. The number of amides is 1. The highest BCUT2D eigenvalue weighted by Gasteiger charge is 2.20. The molecule has 1 N–H and O–H groups in total. The first-order valence-electron chi connectivity index (χ1n) is 7.75. The van der Waals surface area contributed by atoms with Gasteiger partial charge < -0.3 is 14.6 Å². The van der Waals surface area contributed by atoms with Gasteiger partial charge in [-0.15, -0.1) is 0 Å². The second-order valence-corrected chi connectivity index (χ2v) is 6.89. The average molecular weight is 316 g/mol. The normalized spacial score (nSPS) is 11.6. The van der Waals surface area contributed by atoms with Gasteiger partial charge in [-0.2, -0.15) is 0 Å². The molecule has 0 aliphatic rings. The highest BCUT2D eigenvalue weighted by molar-refractivity contribution is 5.90. The van der Waals surface area contributed by atoms with Gasteiger partial charge >= 0.3 is 0 Å². The topological polar surface area (TPSA) is 64.4 Å². The number of ether oxygens (including phenoxy) is 1. The molecule has 0 unspecified atom stereocenters. The first kappa shape index (κ1) is 17.1. The quantitative estimate of drug-likeness (QED) is 0.901. The van der Waals surface area contributed by atoms with Crippen LogP contribution in [0.1, 0.15) is 51.9 Å². The maximum atomic E-state index is 11.9. The summed E-state index contributed by atoms with van der Waals surface area (Å²) in [6, 6.07) is 9.48. The molecule has 0 atom stereocenters. The van der Waals surface area contributed by atoms with E-state index in [4.69, 9.17) is 9.26 Å². The van der Waals surface area contributed by atoms with Crippen LogP contribution in [-0.2, 0) is 10.2 Å². The minimum atomic E-state index is -0.272. The molecule has 0 radical (unpaired) electrons. The smallest absolute Gasteiger partial charge is 0.263 e. The number of benzene rings is 1. The number of hydrogen-bond acceptors (Lipinski definition) is 4. The summed E-state index contributed by atoms with van der Waals surface area (Å²) in [5.74, 6) is 1.99. The van der Waals surface area contributed by atoms with Gasteiger partial charge in [-0.1, -0.05) is 51.9 Å². The Morgan fingerprint density at radius 1 is 1.26 bits per heavy atom. The van der Waals surface area contributed by atoms with Crippen LogP contribution in [0.5, 0.6) is 5.75 Å². The zero-order chi connectivity index (χ0) is 17.0. The average Bonchev–Trinajstić information content (AvgIpc) is 2.94. The Balaban J connectivity index is 1.86. The minimum Gasteiger partial charge on any atom is -0.484 e. The van der Waals surface area contributed by atoms with Crippen LogP contribution in [0.3, 0.4) is 0 Å². The van der Waals surface area contributed by atoms with Crippen molar-refractivity contribution in [3.63, 3.8) is 0 Å². The number of carbonyl (C=O) groups is 1. The van der Waals surface area contributed by atoms with Crippen molar-refractivity contribution in [3.8, 4) is 5.75 Å². The fourth-order valence-electron chi connectivity index (χ4n) is 1.96.